The molecule has 0 aliphatic rings. The molecule has 0 aliphatic carbocycles. The molecule has 0 rings (SSSR count). The molecule has 0 amide bonds. The topological polar surface area (TPSA) is 35.5 Å². The lowest BCUT2D eigenvalue weighted by molar-refractivity contribution is -0.139. The Bertz CT molecular complexity index is 302. The minimum atomic E-state index is -0.258. The van der Waals surface area contributed by atoms with Crippen LogP contribution in [-0.2, 0) is 14.3 Å². The lowest BCUT2D eigenvalue weighted by Crippen LogP contribution is -2.05. The van der Waals surface area contributed by atoms with E-state index in [-0.39, 0.29) is 5.97 Å². The fourth-order valence-electron chi connectivity index (χ4n) is 1.95. The fourth-order valence-corrected chi connectivity index (χ4v) is 1.95. The maximum Gasteiger partial charge on any atom is 0.333 e. The zero-order chi connectivity index (χ0) is 17.8. The van der Waals surface area contributed by atoms with E-state index in [2.05, 4.69) is 31.4 Å². The number of unbranched alkanes of at least 4 members (excludes halogenated alkanes) is 9. The van der Waals surface area contributed by atoms with Gasteiger partial charge in [0.15, 0.2) is 0 Å². The Labute approximate surface area is 143 Å². The molecule has 3 nitrogen and oxygen atoms in total. The summed E-state index contributed by atoms with van der Waals surface area (Å²) in [6, 6.07) is 0. The highest BCUT2D eigenvalue weighted by Gasteiger charge is 2.01. The Kier molecular flexibility index (Phi) is 21.2. The van der Waals surface area contributed by atoms with Gasteiger partial charge in [-0.2, -0.15) is 0 Å². The molecule has 0 heterocycles. The Morgan fingerprint density at radius 1 is 0.870 bits per heavy atom. The van der Waals surface area contributed by atoms with E-state index in [1.165, 1.54) is 70.3 Å². The number of rotatable bonds is 14. The monoisotopic (exact) mass is 324 g/mol. The van der Waals surface area contributed by atoms with Crippen molar-refractivity contribution < 1.29 is 14.3 Å². The molecule has 134 valence electrons. The van der Waals surface area contributed by atoms with E-state index in [1.807, 2.05) is 0 Å². The molecule has 0 aromatic carbocycles. The van der Waals surface area contributed by atoms with E-state index in [9.17, 15) is 4.79 Å². The van der Waals surface area contributed by atoms with Crippen LogP contribution in [0.25, 0.3) is 0 Å². The van der Waals surface area contributed by atoms with E-state index in [0.29, 0.717) is 12.2 Å². The maximum absolute atomic E-state index is 11.1. The average molecular weight is 325 g/mol. The molecule has 0 spiro atoms. The summed E-state index contributed by atoms with van der Waals surface area (Å²) in [6.45, 7) is 14.5. The molecule has 0 unspecified atom stereocenters. The first-order chi connectivity index (χ1) is 11.1. The summed E-state index contributed by atoms with van der Waals surface area (Å²) >= 11 is 0. The smallest absolute Gasteiger partial charge is 0.333 e. The first-order valence-electron chi connectivity index (χ1n) is 8.80. The highest BCUT2D eigenvalue weighted by Crippen LogP contribution is 2.10. The van der Waals surface area contributed by atoms with Crippen LogP contribution in [0.1, 0.15) is 78.1 Å². The first-order valence-corrected chi connectivity index (χ1v) is 8.80. The van der Waals surface area contributed by atoms with Crippen molar-refractivity contribution in [3.63, 3.8) is 0 Å². The molecule has 0 bridgehead atoms. The summed E-state index contributed by atoms with van der Waals surface area (Å²) in [4.78, 5) is 11.1. The molecule has 0 N–H and O–H groups in total. The van der Waals surface area contributed by atoms with Gasteiger partial charge in [-0.15, -0.1) is 0 Å². The summed E-state index contributed by atoms with van der Waals surface area (Å²) in [5.74, 6) is -0.258. The quantitative estimate of drug-likeness (QED) is 0.162. The van der Waals surface area contributed by atoms with Crippen LogP contribution in [0.2, 0.25) is 0 Å². The Morgan fingerprint density at radius 2 is 1.30 bits per heavy atom. The molecule has 3 heteroatoms. The lowest BCUT2D eigenvalue weighted by atomic mass is 10.1. The molecular weight excluding hydrogens is 288 g/mol. The standard InChI is InChI=1S/C16H30O2.C4H6O/c1-4-5-6-7-8-9-10-11-12-13-14-18-16(17)15(2)3;1-3-5-4-2/h2,4-14H2,1,3H3;3-4H,1-2H2. The molecular formula is C20H36O3. The van der Waals surface area contributed by atoms with Crippen LogP contribution >= 0.6 is 0 Å². The molecule has 0 aliphatic heterocycles. The first kappa shape index (κ1) is 23.8. The predicted octanol–water partition coefficient (Wildman–Crippen LogP) is 6.32. The van der Waals surface area contributed by atoms with Crippen molar-refractivity contribution >= 4 is 5.97 Å². The van der Waals surface area contributed by atoms with E-state index < -0.39 is 0 Å². The second-order valence-corrected chi connectivity index (χ2v) is 5.57. The van der Waals surface area contributed by atoms with Crippen molar-refractivity contribution in [2.75, 3.05) is 6.61 Å². The van der Waals surface area contributed by atoms with Gasteiger partial charge in [-0.1, -0.05) is 84.4 Å². The number of carbonyl (C=O) groups excluding carboxylic acids is 1. The fraction of sp³-hybridized carbons (Fsp3) is 0.650. The molecule has 0 aromatic heterocycles. The zero-order valence-corrected chi connectivity index (χ0v) is 15.3. The van der Waals surface area contributed by atoms with E-state index in [1.54, 1.807) is 6.92 Å². The molecule has 0 saturated heterocycles. The third-order valence-corrected chi connectivity index (χ3v) is 3.27. The van der Waals surface area contributed by atoms with Gasteiger partial charge in [-0.05, 0) is 13.3 Å². The summed E-state index contributed by atoms with van der Waals surface area (Å²) in [5.41, 5.74) is 0.488. The normalized spacial score (nSPS) is 9.30. The van der Waals surface area contributed by atoms with Gasteiger partial charge in [0.05, 0.1) is 19.1 Å². The van der Waals surface area contributed by atoms with Crippen LogP contribution in [0.15, 0.2) is 37.8 Å². The average Bonchev–Trinajstić information content (AvgIpc) is 2.53. The number of ether oxygens (including phenoxy) is 2. The van der Waals surface area contributed by atoms with Crippen LogP contribution < -0.4 is 0 Å². The Hall–Kier alpha value is -1.51. The molecule has 23 heavy (non-hydrogen) atoms. The number of carbonyl (C=O) groups is 1. The second-order valence-electron chi connectivity index (χ2n) is 5.57. The SMILES string of the molecule is C=C(C)C(=O)OCCCCCCCCCCCC.C=COC=C. The molecule has 0 fully saturated rings. The molecule has 0 atom stereocenters. The van der Waals surface area contributed by atoms with Crippen LogP contribution in [0.4, 0.5) is 0 Å². The second kappa shape index (κ2) is 20.5. The van der Waals surface area contributed by atoms with E-state index >= 15 is 0 Å². The highest BCUT2D eigenvalue weighted by atomic mass is 16.5. The van der Waals surface area contributed by atoms with Crippen molar-refractivity contribution in [3.8, 4) is 0 Å². The summed E-state index contributed by atoms with van der Waals surface area (Å²) < 4.78 is 9.40. The Balaban J connectivity index is 0. The lowest BCUT2D eigenvalue weighted by Gasteiger charge is -2.04. The molecule has 0 saturated carbocycles. The number of hydrogen-bond donors (Lipinski definition) is 0. The van der Waals surface area contributed by atoms with Crippen molar-refractivity contribution in [3.05, 3.63) is 37.8 Å². The van der Waals surface area contributed by atoms with Gasteiger partial charge in [0.2, 0.25) is 0 Å². The minimum absolute atomic E-state index is 0.258. The summed E-state index contributed by atoms with van der Waals surface area (Å²) in [5, 5.41) is 0. The van der Waals surface area contributed by atoms with E-state index in [0.717, 1.165) is 6.42 Å². The van der Waals surface area contributed by atoms with Gasteiger partial charge in [-0.3, -0.25) is 0 Å². The van der Waals surface area contributed by atoms with Gasteiger partial charge in [0, 0.05) is 5.57 Å². The van der Waals surface area contributed by atoms with Crippen LogP contribution in [0, 0.1) is 0 Å². The van der Waals surface area contributed by atoms with Gasteiger partial charge in [0.1, 0.15) is 0 Å². The molecule has 0 aromatic rings. The maximum atomic E-state index is 11.1. The van der Waals surface area contributed by atoms with Crippen molar-refractivity contribution in [1.82, 2.24) is 0 Å². The van der Waals surface area contributed by atoms with Gasteiger partial charge in [-0.25, -0.2) is 4.79 Å². The van der Waals surface area contributed by atoms with Crippen LogP contribution in [0.3, 0.4) is 0 Å². The number of hydrogen-bond acceptors (Lipinski definition) is 3. The van der Waals surface area contributed by atoms with E-state index in [4.69, 9.17) is 4.74 Å². The van der Waals surface area contributed by atoms with Gasteiger partial charge in [0.25, 0.3) is 0 Å². The largest absolute Gasteiger partial charge is 0.474 e. The summed E-state index contributed by atoms with van der Waals surface area (Å²) in [6.07, 6.45) is 15.6. The third-order valence-electron chi connectivity index (χ3n) is 3.27. The van der Waals surface area contributed by atoms with Crippen LogP contribution in [0.5, 0.6) is 0 Å². The van der Waals surface area contributed by atoms with Gasteiger partial charge >= 0.3 is 5.97 Å². The van der Waals surface area contributed by atoms with Crippen LogP contribution in [-0.4, -0.2) is 12.6 Å². The Morgan fingerprint density at radius 3 is 1.65 bits per heavy atom. The number of esters is 1. The van der Waals surface area contributed by atoms with Crippen molar-refractivity contribution in [2.24, 2.45) is 0 Å². The minimum Gasteiger partial charge on any atom is -0.474 e. The third kappa shape index (κ3) is 22.9. The summed E-state index contributed by atoms with van der Waals surface area (Å²) in [7, 11) is 0. The predicted molar refractivity (Wildman–Crippen MR) is 99.1 cm³/mol. The zero-order valence-electron chi connectivity index (χ0n) is 15.3. The molecule has 0 radical (unpaired) electrons. The highest BCUT2D eigenvalue weighted by molar-refractivity contribution is 5.86. The van der Waals surface area contributed by atoms with Crippen molar-refractivity contribution in [1.29, 1.82) is 0 Å². The van der Waals surface area contributed by atoms with Gasteiger partial charge < -0.3 is 9.47 Å². The van der Waals surface area contributed by atoms with Crippen molar-refractivity contribution in [2.45, 2.75) is 78.1 Å².